The van der Waals surface area contributed by atoms with E-state index in [-0.39, 0.29) is 34.2 Å². The first-order valence-electron chi connectivity index (χ1n) is 9.20. The van der Waals surface area contributed by atoms with Crippen molar-refractivity contribution in [2.75, 3.05) is 11.9 Å². The minimum atomic E-state index is -4.71. The van der Waals surface area contributed by atoms with E-state index >= 15 is 0 Å². The third kappa shape index (κ3) is 5.16. The number of carbonyl (C=O) groups is 1. The van der Waals surface area contributed by atoms with Crippen molar-refractivity contribution in [1.29, 1.82) is 0 Å². The zero-order valence-electron chi connectivity index (χ0n) is 16.7. The van der Waals surface area contributed by atoms with E-state index in [1.54, 1.807) is 13.8 Å². The van der Waals surface area contributed by atoms with Crippen molar-refractivity contribution in [3.05, 3.63) is 58.0 Å². The number of amides is 1. The molecule has 0 fully saturated rings. The van der Waals surface area contributed by atoms with Gasteiger partial charge in [0, 0.05) is 5.56 Å². The third-order valence-corrected chi connectivity index (χ3v) is 4.65. The van der Waals surface area contributed by atoms with Gasteiger partial charge in [-0.1, -0.05) is 18.5 Å². The molecule has 0 radical (unpaired) electrons. The van der Waals surface area contributed by atoms with Gasteiger partial charge in [-0.3, -0.25) is 9.89 Å². The minimum absolute atomic E-state index is 0.0294. The highest BCUT2D eigenvalue weighted by Crippen LogP contribution is 2.32. The van der Waals surface area contributed by atoms with Gasteiger partial charge in [0.15, 0.2) is 11.8 Å². The summed E-state index contributed by atoms with van der Waals surface area (Å²) in [5.74, 6) is -3.09. The highest BCUT2D eigenvalue weighted by molar-refractivity contribution is 6.33. The first-order chi connectivity index (χ1) is 15.0. The molecule has 6 nitrogen and oxygen atoms in total. The Kier molecular flexibility index (Phi) is 6.68. The summed E-state index contributed by atoms with van der Waals surface area (Å²) in [6.45, 7) is 1.46. The smallest absolute Gasteiger partial charge is 0.422 e. The zero-order chi connectivity index (χ0) is 23.6. The molecule has 0 aliphatic rings. The zero-order valence-corrected chi connectivity index (χ0v) is 17.5. The molecule has 0 spiro atoms. The number of aryl methyl sites for hydroxylation is 2. The van der Waals surface area contributed by atoms with Crippen LogP contribution in [-0.2, 0) is 6.42 Å². The van der Waals surface area contributed by atoms with E-state index in [0.29, 0.717) is 5.69 Å². The summed E-state index contributed by atoms with van der Waals surface area (Å²) in [4.78, 5) is 16.7. The number of pyridine rings is 1. The molecule has 0 aliphatic heterocycles. The van der Waals surface area contributed by atoms with Crippen LogP contribution in [-0.4, -0.2) is 33.9 Å². The number of nitrogens with zero attached hydrogens (tertiary/aromatic N) is 2. The number of ether oxygens (including phenoxy) is 1. The van der Waals surface area contributed by atoms with Crippen LogP contribution in [0.2, 0.25) is 5.15 Å². The Bertz CT molecular complexity index is 1140. The molecule has 3 aromatic rings. The van der Waals surface area contributed by atoms with Crippen molar-refractivity contribution < 1.29 is 31.5 Å². The van der Waals surface area contributed by atoms with Crippen molar-refractivity contribution in [1.82, 2.24) is 15.2 Å². The van der Waals surface area contributed by atoms with Gasteiger partial charge in [0.25, 0.3) is 5.91 Å². The van der Waals surface area contributed by atoms with Crippen LogP contribution < -0.4 is 10.1 Å². The standard InChI is InChI=1S/C20H16ClF5N4O2/c1-3-14-12(22)4-5-15(27-14)10-7-16(32-8-20(24,25)26)11(6-13(10)23)19(31)28-17-9(2)29-30-18(17)21/h4-7H,3,8H2,1-2H3,(H,28,31)(H,29,30). The number of hydrogen-bond donors (Lipinski definition) is 2. The van der Waals surface area contributed by atoms with E-state index in [0.717, 1.165) is 18.2 Å². The van der Waals surface area contributed by atoms with Crippen molar-refractivity contribution in [2.24, 2.45) is 0 Å². The summed E-state index contributed by atoms with van der Waals surface area (Å²) in [5, 5.41) is 8.48. The lowest BCUT2D eigenvalue weighted by molar-refractivity contribution is -0.153. The number of nitrogens with one attached hydrogen (secondary N) is 2. The fraction of sp³-hybridized carbons (Fsp3) is 0.250. The average molecular weight is 475 g/mol. The summed E-state index contributed by atoms with van der Waals surface area (Å²) in [6.07, 6.45) is -4.50. The number of anilines is 1. The van der Waals surface area contributed by atoms with Crippen LogP contribution in [0.5, 0.6) is 5.75 Å². The molecule has 0 saturated carbocycles. The molecule has 3 rings (SSSR count). The fourth-order valence-corrected chi connectivity index (χ4v) is 3.05. The second-order valence-corrected chi connectivity index (χ2v) is 7.04. The van der Waals surface area contributed by atoms with Crippen molar-refractivity contribution in [3.63, 3.8) is 0 Å². The lowest BCUT2D eigenvalue weighted by Crippen LogP contribution is -2.21. The van der Waals surface area contributed by atoms with Crippen molar-refractivity contribution >= 4 is 23.2 Å². The molecule has 0 aliphatic carbocycles. The maximum Gasteiger partial charge on any atom is 0.422 e. The van der Waals surface area contributed by atoms with Crippen molar-refractivity contribution in [3.8, 4) is 17.0 Å². The van der Waals surface area contributed by atoms with E-state index < -0.39 is 41.6 Å². The van der Waals surface area contributed by atoms with Gasteiger partial charge in [0.1, 0.15) is 23.1 Å². The Morgan fingerprint density at radius 1 is 1.22 bits per heavy atom. The number of aromatic amines is 1. The second-order valence-electron chi connectivity index (χ2n) is 6.68. The van der Waals surface area contributed by atoms with Gasteiger partial charge in [-0.15, -0.1) is 0 Å². The number of aromatic nitrogens is 3. The lowest BCUT2D eigenvalue weighted by atomic mass is 10.0. The molecule has 0 bridgehead atoms. The van der Waals surface area contributed by atoms with Gasteiger partial charge in [-0.05, 0) is 37.6 Å². The largest absolute Gasteiger partial charge is 0.483 e. The highest BCUT2D eigenvalue weighted by atomic mass is 35.5. The molecule has 2 N–H and O–H groups in total. The van der Waals surface area contributed by atoms with Crippen LogP contribution in [0.1, 0.15) is 28.7 Å². The summed E-state index contributed by atoms with van der Waals surface area (Å²) in [7, 11) is 0. The highest BCUT2D eigenvalue weighted by Gasteiger charge is 2.30. The fourth-order valence-electron chi connectivity index (χ4n) is 2.81. The number of hydrogen-bond acceptors (Lipinski definition) is 4. The number of halogens is 6. The van der Waals surface area contributed by atoms with Crippen LogP contribution in [0.4, 0.5) is 27.6 Å². The van der Waals surface area contributed by atoms with E-state index in [1.807, 2.05) is 0 Å². The maximum atomic E-state index is 14.9. The molecule has 12 heteroatoms. The molecule has 1 aromatic carbocycles. The molecular formula is C20H16ClF5N4O2. The summed E-state index contributed by atoms with van der Waals surface area (Å²) >= 11 is 5.87. The predicted molar refractivity (Wildman–Crippen MR) is 107 cm³/mol. The topological polar surface area (TPSA) is 79.9 Å². The number of benzene rings is 1. The monoisotopic (exact) mass is 474 g/mol. The Labute approximate surface area is 183 Å². The molecule has 170 valence electrons. The summed E-state index contributed by atoms with van der Waals surface area (Å²) in [6, 6.07) is 3.88. The molecule has 0 atom stereocenters. The number of alkyl halides is 3. The van der Waals surface area contributed by atoms with Gasteiger partial charge < -0.3 is 10.1 Å². The van der Waals surface area contributed by atoms with Gasteiger partial charge in [-0.25, -0.2) is 13.8 Å². The Hall–Kier alpha value is -3.21. The minimum Gasteiger partial charge on any atom is -0.483 e. The van der Waals surface area contributed by atoms with Crippen LogP contribution in [0, 0.1) is 18.6 Å². The molecule has 2 heterocycles. The lowest BCUT2D eigenvalue weighted by Gasteiger charge is -2.15. The maximum absolute atomic E-state index is 14.9. The van der Waals surface area contributed by atoms with Gasteiger partial charge in [0.05, 0.1) is 22.6 Å². The molecule has 2 aromatic heterocycles. The van der Waals surface area contributed by atoms with Crippen LogP contribution in [0.15, 0.2) is 24.3 Å². The Morgan fingerprint density at radius 2 is 1.94 bits per heavy atom. The van der Waals surface area contributed by atoms with Gasteiger partial charge in [-0.2, -0.15) is 18.3 Å². The quantitative estimate of drug-likeness (QED) is 0.464. The predicted octanol–water partition coefficient (Wildman–Crippen LogP) is 5.47. The molecule has 1 amide bonds. The first kappa shape index (κ1) is 23.5. The molecule has 0 saturated heterocycles. The van der Waals surface area contributed by atoms with E-state index in [4.69, 9.17) is 16.3 Å². The van der Waals surface area contributed by atoms with E-state index in [2.05, 4.69) is 20.5 Å². The van der Waals surface area contributed by atoms with Crippen LogP contribution in [0.25, 0.3) is 11.3 Å². The van der Waals surface area contributed by atoms with Crippen LogP contribution in [0.3, 0.4) is 0 Å². The number of carbonyl (C=O) groups excluding carboxylic acids is 1. The molecule has 0 unspecified atom stereocenters. The van der Waals surface area contributed by atoms with Gasteiger partial charge >= 0.3 is 6.18 Å². The number of rotatable bonds is 6. The average Bonchev–Trinajstić information content (AvgIpc) is 3.04. The van der Waals surface area contributed by atoms with Gasteiger partial charge in [0.2, 0.25) is 0 Å². The van der Waals surface area contributed by atoms with E-state index in [1.165, 1.54) is 6.07 Å². The van der Waals surface area contributed by atoms with E-state index in [9.17, 15) is 26.7 Å². The molecule has 32 heavy (non-hydrogen) atoms. The Balaban J connectivity index is 2.06. The Morgan fingerprint density at radius 3 is 2.53 bits per heavy atom. The van der Waals surface area contributed by atoms with Crippen molar-refractivity contribution in [2.45, 2.75) is 26.4 Å². The summed E-state index contributed by atoms with van der Waals surface area (Å²) < 4.78 is 71.7. The third-order valence-electron chi connectivity index (χ3n) is 4.38. The second kappa shape index (κ2) is 9.11. The number of H-pyrrole nitrogens is 1. The van der Waals surface area contributed by atoms with Crippen LogP contribution >= 0.6 is 11.6 Å². The SMILES string of the molecule is CCc1nc(-c2cc(OCC(F)(F)F)c(C(=O)Nc3c(Cl)n[nH]c3C)cc2F)ccc1F. The molecular weight excluding hydrogens is 459 g/mol. The first-order valence-corrected chi connectivity index (χ1v) is 9.58. The normalized spacial score (nSPS) is 11.5. The summed E-state index contributed by atoms with van der Waals surface area (Å²) in [5.41, 5.74) is -0.294.